The molecule has 3 rings (SSSR count). The van der Waals surface area contributed by atoms with Gasteiger partial charge in [-0.25, -0.2) is 4.79 Å². The van der Waals surface area contributed by atoms with Gasteiger partial charge in [0.2, 0.25) is 11.8 Å². The predicted octanol–water partition coefficient (Wildman–Crippen LogP) is -1.02. The number of carboxylic acids is 1. The van der Waals surface area contributed by atoms with Gasteiger partial charge in [-0.3, -0.25) is 9.59 Å². The number of fused-ring (bicyclic) bond motifs is 1. The van der Waals surface area contributed by atoms with E-state index in [1.807, 2.05) is 0 Å². The monoisotopic (exact) mass is 391 g/mol. The van der Waals surface area contributed by atoms with Crippen LogP contribution in [0, 0.1) is 0 Å². The molecule has 0 saturated carbocycles. The Morgan fingerprint density at radius 1 is 1.36 bits per heavy atom. The van der Waals surface area contributed by atoms with Crippen molar-refractivity contribution in [3.05, 3.63) is 23.3 Å². The van der Waals surface area contributed by atoms with Gasteiger partial charge >= 0.3 is 13.1 Å². The maximum absolute atomic E-state index is 12.1. The summed E-state index contributed by atoms with van der Waals surface area (Å²) in [6, 6.07) is 2.43. The van der Waals surface area contributed by atoms with E-state index in [2.05, 4.69) is 0 Å². The van der Waals surface area contributed by atoms with E-state index in [1.54, 1.807) is 12.1 Å². The molecule has 1 aromatic carbocycles. The molecule has 1 unspecified atom stereocenters. The zero-order valence-electron chi connectivity index (χ0n) is 15.2. The van der Waals surface area contributed by atoms with Crippen LogP contribution in [-0.4, -0.2) is 65.2 Å². The molecule has 10 nitrogen and oxygen atoms in total. The molecule has 150 valence electrons. The fraction of sp³-hybridized carbons (Fsp3) is 0.471. The number of carboxylic acid groups (broad SMARTS) is 1. The van der Waals surface area contributed by atoms with E-state index in [-0.39, 0.29) is 41.9 Å². The van der Waals surface area contributed by atoms with Crippen molar-refractivity contribution in [3.63, 3.8) is 0 Å². The second-order valence-electron chi connectivity index (χ2n) is 6.93. The van der Waals surface area contributed by atoms with Crippen LogP contribution in [0.15, 0.2) is 12.1 Å². The zero-order chi connectivity index (χ0) is 20.4. The van der Waals surface area contributed by atoms with E-state index in [0.717, 1.165) is 0 Å². The van der Waals surface area contributed by atoms with Crippen LogP contribution < -0.4 is 20.9 Å². The highest BCUT2D eigenvalue weighted by Crippen LogP contribution is 2.37. The molecule has 2 heterocycles. The summed E-state index contributed by atoms with van der Waals surface area (Å²) in [6.45, 7) is 0.592. The average molecular weight is 391 g/mol. The highest BCUT2D eigenvalue weighted by Gasteiger charge is 2.35. The number of hydrogen-bond donors (Lipinski definition) is 4. The van der Waals surface area contributed by atoms with Crippen LogP contribution in [0.4, 0.5) is 0 Å². The third-order valence-corrected chi connectivity index (χ3v) is 4.86. The molecule has 0 radical (unpaired) electrons. The number of aryl methyl sites for hydroxylation is 1. The lowest BCUT2D eigenvalue weighted by atomic mass is 9.78. The number of aromatic carboxylic acids is 1. The lowest BCUT2D eigenvalue weighted by molar-refractivity contribution is -0.140. The molecule has 2 amide bonds. The molecule has 0 aliphatic carbocycles. The van der Waals surface area contributed by atoms with Crippen molar-refractivity contribution in [2.24, 2.45) is 11.5 Å². The highest BCUT2D eigenvalue weighted by atomic mass is 16.5. The molecule has 2 aliphatic rings. The number of likely N-dealkylation sites (tertiary alicyclic amines) is 1. The van der Waals surface area contributed by atoms with Gasteiger partial charge in [0.05, 0.1) is 19.1 Å². The molecule has 6 N–H and O–H groups in total. The second-order valence-corrected chi connectivity index (χ2v) is 6.93. The lowest BCUT2D eigenvalue weighted by Gasteiger charge is -2.39. The molecule has 0 bridgehead atoms. The first-order valence-electron chi connectivity index (χ1n) is 8.99. The van der Waals surface area contributed by atoms with E-state index < -0.39 is 25.0 Å². The maximum Gasteiger partial charge on any atom is 0.522 e. The summed E-state index contributed by atoms with van der Waals surface area (Å²) < 4.78 is 11.1. The number of ether oxygens (including phenoxy) is 1. The minimum Gasteiger partial charge on any atom is -0.535 e. The third-order valence-electron chi connectivity index (χ3n) is 4.86. The minimum atomic E-state index is -1.21. The number of benzene rings is 1. The molecule has 1 fully saturated rings. The number of carbonyl (C=O) groups is 3. The van der Waals surface area contributed by atoms with Gasteiger partial charge in [0.15, 0.2) is 0 Å². The van der Waals surface area contributed by atoms with E-state index in [9.17, 15) is 24.5 Å². The second kappa shape index (κ2) is 8.07. The molecular weight excluding hydrogens is 369 g/mol. The van der Waals surface area contributed by atoms with Gasteiger partial charge in [0.1, 0.15) is 23.2 Å². The highest BCUT2D eigenvalue weighted by molar-refractivity contribution is 6.44. The van der Waals surface area contributed by atoms with E-state index in [0.29, 0.717) is 31.4 Å². The Bertz CT molecular complexity index is 797. The van der Waals surface area contributed by atoms with Crippen molar-refractivity contribution in [3.8, 4) is 11.5 Å². The number of amides is 2. The standard InChI is InChI=1S/C17H22BN3O7/c19-11(16(20)23)2-4-13(22)21-7-10(8-21)27-12-3-1-9-5-6-18(26)28-15(9)14(12)17(24)25/h1,3,10-11,26H,2,4-8,19H2,(H2,20,23)(H,24,25). The van der Waals surface area contributed by atoms with Crippen LogP contribution in [0.3, 0.4) is 0 Å². The average Bonchev–Trinajstić information content (AvgIpc) is 2.60. The third kappa shape index (κ3) is 4.20. The predicted molar refractivity (Wildman–Crippen MR) is 97.9 cm³/mol. The maximum atomic E-state index is 12.1. The molecule has 0 spiro atoms. The van der Waals surface area contributed by atoms with Crippen molar-refractivity contribution < 1.29 is 33.9 Å². The van der Waals surface area contributed by atoms with Crippen molar-refractivity contribution in [1.82, 2.24) is 4.90 Å². The number of hydrogen-bond acceptors (Lipinski definition) is 7. The van der Waals surface area contributed by atoms with Crippen molar-refractivity contribution in [1.29, 1.82) is 0 Å². The lowest BCUT2D eigenvalue weighted by Crippen LogP contribution is -2.56. The summed E-state index contributed by atoms with van der Waals surface area (Å²) in [4.78, 5) is 36.2. The van der Waals surface area contributed by atoms with Crippen molar-refractivity contribution in [2.75, 3.05) is 13.1 Å². The number of nitrogens with zero attached hydrogens (tertiary/aromatic N) is 1. The van der Waals surface area contributed by atoms with Gasteiger partial charge in [-0.1, -0.05) is 6.07 Å². The Kier molecular flexibility index (Phi) is 5.75. The molecule has 28 heavy (non-hydrogen) atoms. The Hall–Kier alpha value is -2.79. The van der Waals surface area contributed by atoms with Gasteiger partial charge in [-0.05, 0) is 30.8 Å². The van der Waals surface area contributed by atoms with Crippen LogP contribution in [0.2, 0.25) is 6.32 Å². The first-order chi connectivity index (χ1) is 13.3. The SMILES string of the molecule is NC(=O)C(N)CCC(=O)N1CC(Oc2ccc3c(c2C(=O)O)OB(O)CC3)C1. The van der Waals surface area contributed by atoms with Gasteiger partial charge < -0.3 is 35.9 Å². The molecule has 0 aromatic heterocycles. The van der Waals surface area contributed by atoms with Crippen molar-refractivity contribution >= 4 is 24.9 Å². The number of rotatable bonds is 7. The summed E-state index contributed by atoms with van der Waals surface area (Å²) in [6.07, 6.45) is 0.811. The fourth-order valence-electron chi connectivity index (χ4n) is 3.19. The summed E-state index contributed by atoms with van der Waals surface area (Å²) in [5.74, 6) is -1.79. The molecular formula is C17H22BN3O7. The smallest absolute Gasteiger partial charge is 0.522 e. The number of nitrogens with two attached hydrogens (primary N) is 2. The molecule has 11 heteroatoms. The van der Waals surface area contributed by atoms with E-state index >= 15 is 0 Å². The first-order valence-corrected chi connectivity index (χ1v) is 8.99. The molecule has 2 aliphatic heterocycles. The Morgan fingerprint density at radius 2 is 2.07 bits per heavy atom. The Balaban J connectivity index is 1.60. The molecule has 1 atom stereocenters. The fourth-order valence-corrected chi connectivity index (χ4v) is 3.19. The summed E-state index contributed by atoms with van der Waals surface area (Å²) >= 11 is 0. The van der Waals surface area contributed by atoms with Gasteiger partial charge in [-0.2, -0.15) is 0 Å². The van der Waals surface area contributed by atoms with Crippen LogP contribution in [0.5, 0.6) is 11.5 Å². The van der Waals surface area contributed by atoms with Crippen LogP contribution in [-0.2, 0) is 16.0 Å². The van der Waals surface area contributed by atoms with Crippen molar-refractivity contribution in [2.45, 2.75) is 37.7 Å². The largest absolute Gasteiger partial charge is 0.535 e. The normalized spacial score (nSPS) is 17.2. The quantitative estimate of drug-likeness (QED) is 0.429. The number of carbonyl (C=O) groups excluding carboxylic acids is 2. The summed E-state index contributed by atoms with van der Waals surface area (Å²) in [5, 5.41) is 19.2. The van der Waals surface area contributed by atoms with Crippen LogP contribution in [0.25, 0.3) is 0 Å². The molecule has 1 saturated heterocycles. The van der Waals surface area contributed by atoms with E-state index in [1.165, 1.54) is 4.90 Å². The summed E-state index contributed by atoms with van der Waals surface area (Å²) in [7, 11) is -1.05. The van der Waals surface area contributed by atoms with Crippen LogP contribution in [0.1, 0.15) is 28.8 Å². The van der Waals surface area contributed by atoms with Crippen LogP contribution >= 0.6 is 0 Å². The first kappa shape index (κ1) is 20.0. The van der Waals surface area contributed by atoms with Gasteiger partial charge in [0, 0.05) is 6.42 Å². The summed E-state index contributed by atoms with van der Waals surface area (Å²) in [5.41, 5.74) is 11.1. The zero-order valence-corrected chi connectivity index (χ0v) is 15.2. The topological polar surface area (TPSA) is 165 Å². The van der Waals surface area contributed by atoms with Gasteiger partial charge in [-0.15, -0.1) is 0 Å². The Morgan fingerprint density at radius 3 is 2.71 bits per heavy atom. The van der Waals surface area contributed by atoms with E-state index in [4.69, 9.17) is 20.9 Å². The minimum absolute atomic E-state index is 0.0990. The molecule has 1 aromatic rings. The number of primary amides is 1. The van der Waals surface area contributed by atoms with Gasteiger partial charge in [0.25, 0.3) is 0 Å². The Labute approximate surface area is 161 Å².